The second kappa shape index (κ2) is 7.30. The van der Waals surface area contributed by atoms with Crippen LogP contribution >= 0.6 is 0 Å². The molecule has 126 valence electrons. The third kappa shape index (κ3) is 4.02. The number of nitrogens with zero attached hydrogens (tertiary/aromatic N) is 1. The van der Waals surface area contributed by atoms with Crippen LogP contribution in [0.2, 0.25) is 0 Å². The Bertz CT molecular complexity index is 518. The normalized spacial score (nSPS) is 23.4. The molecule has 0 radical (unpaired) electrons. The maximum absolute atomic E-state index is 11.6. The summed E-state index contributed by atoms with van der Waals surface area (Å²) in [6.45, 7) is 3.00. The minimum Gasteiger partial charge on any atom is -0.462 e. The van der Waals surface area contributed by atoms with E-state index < -0.39 is 0 Å². The highest BCUT2D eigenvalue weighted by molar-refractivity contribution is 5.89. The van der Waals surface area contributed by atoms with Crippen molar-refractivity contribution in [2.75, 3.05) is 18.5 Å². The van der Waals surface area contributed by atoms with Crippen LogP contribution in [-0.2, 0) is 9.47 Å². The van der Waals surface area contributed by atoms with E-state index >= 15 is 0 Å². The van der Waals surface area contributed by atoms with Crippen LogP contribution in [0.1, 0.15) is 62.2 Å². The summed E-state index contributed by atoms with van der Waals surface area (Å²) in [6, 6.07) is 4.01. The summed E-state index contributed by atoms with van der Waals surface area (Å²) in [5, 5.41) is 3.51. The van der Waals surface area contributed by atoms with Crippen LogP contribution in [0, 0.1) is 0 Å². The molecule has 0 amide bonds. The number of anilines is 1. The average molecular weight is 318 g/mol. The first-order valence-corrected chi connectivity index (χ1v) is 8.74. The second-order valence-corrected chi connectivity index (χ2v) is 6.58. The van der Waals surface area contributed by atoms with Crippen LogP contribution in [0.4, 0.5) is 5.82 Å². The minimum absolute atomic E-state index is 0.0824. The molecule has 1 atom stereocenters. The van der Waals surface area contributed by atoms with Crippen LogP contribution in [0.25, 0.3) is 0 Å². The molecule has 2 heterocycles. The third-order valence-corrected chi connectivity index (χ3v) is 4.88. The highest BCUT2D eigenvalue weighted by atomic mass is 16.5. The largest absolute Gasteiger partial charge is 0.462 e. The Hall–Kier alpha value is -1.62. The summed E-state index contributed by atoms with van der Waals surface area (Å²) < 4.78 is 11.1. The number of esters is 1. The number of ether oxygens (including phenoxy) is 2. The average Bonchev–Trinajstić information content (AvgIpc) is 2.56. The number of aromatic nitrogens is 1. The molecule has 0 bridgehead atoms. The van der Waals surface area contributed by atoms with Gasteiger partial charge in [-0.3, -0.25) is 0 Å². The Morgan fingerprint density at radius 3 is 2.91 bits per heavy atom. The number of hydrogen-bond donors (Lipinski definition) is 1. The summed E-state index contributed by atoms with van der Waals surface area (Å²) in [5.41, 5.74) is 0.576. The molecule has 3 rings (SSSR count). The zero-order valence-corrected chi connectivity index (χ0v) is 13.8. The predicted octanol–water partition coefficient (Wildman–Crippen LogP) is 3.55. The molecule has 2 fully saturated rings. The van der Waals surface area contributed by atoms with Gasteiger partial charge >= 0.3 is 5.97 Å². The fourth-order valence-corrected chi connectivity index (χ4v) is 3.72. The van der Waals surface area contributed by atoms with Crippen LogP contribution < -0.4 is 5.32 Å². The molecular formula is C18H26N2O3. The van der Waals surface area contributed by atoms with Crippen molar-refractivity contribution >= 4 is 11.8 Å². The fraction of sp³-hybridized carbons (Fsp3) is 0.667. The van der Waals surface area contributed by atoms with E-state index in [0.717, 1.165) is 25.3 Å². The lowest BCUT2D eigenvalue weighted by molar-refractivity contribution is -0.103. The molecule has 1 saturated carbocycles. The number of carbonyl (C=O) groups is 1. The highest BCUT2D eigenvalue weighted by Gasteiger charge is 2.38. The van der Waals surface area contributed by atoms with Crippen molar-refractivity contribution in [3.05, 3.63) is 23.9 Å². The number of nitrogens with one attached hydrogen (secondary N) is 1. The van der Waals surface area contributed by atoms with Crippen molar-refractivity contribution in [3.8, 4) is 0 Å². The first-order chi connectivity index (χ1) is 11.2. The standard InChI is InChI=1S/C18H26N2O3/c1-2-22-17(21)14-6-7-16(19-13-14)20-15-8-11-23-18(12-15)9-4-3-5-10-18/h6-7,13,15H,2-5,8-12H2,1H3,(H,19,20). The SMILES string of the molecule is CCOC(=O)c1ccc(NC2CCOC3(CCCCC3)C2)nc1. The van der Waals surface area contributed by atoms with E-state index in [1.165, 1.54) is 32.1 Å². The van der Waals surface area contributed by atoms with Gasteiger partial charge in [0.05, 0.1) is 17.8 Å². The Kier molecular flexibility index (Phi) is 5.16. The molecule has 1 aromatic heterocycles. The number of carbonyl (C=O) groups excluding carboxylic acids is 1. The lowest BCUT2D eigenvalue weighted by Crippen LogP contribution is -2.45. The van der Waals surface area contributed by atoms with Gasteiger partial charge in [0, 0.05) is 18.8 Å². The molecule has 1 saturated heterocycles. The van der Waals surface area contributed by atoms with Crippen molar-refractivity contribution in [1.82, 2.24) is 4.98 Å². The molecule has 1 aromatic rings. The number of hydrogen-bond acceptors (Lipinski definition) is 5. The highest BCUT2D eigenvalue weighted by Crippen LogP contribution is 2.39. The smallest absolute Gasteiger partial charge is 0.339 e. The van der Waals surface area contributed by atoms with Crippen LogP contribution in [0.3, 0.4) is 0 Å². The number of pyridine rings is 1. The lowest BCUT2D eigenvalue weighted by atomic mass is 9.78. The molecular weight excluding hydrogens is 292 g/mol. The van der Waals surface area contributed by atoms with Gasteiger partial charge in [0.2, 0.25) is 0 Å². The maximum Gasteiger partial charge on any atom is 0.339 e. The Morgan fingerprint density at radius 1 is 1.39 bits per heavy atom. The topological polar surface area (TPSA) is 60.5 Å². The third-order valence-electron chi connectivity index (χ3n) is 4.88. The Balaban J connectivity index is 1.59. The van der Waals surface area contributed by atoms with Gasteiger partial charge in [-0.05, 0) is 44.7 Å². The summed E-state index contributed by atoms with van der Waals surface area (Å²) in [4.78, 5) is 16.0. The van der Waals surface area contributed by atoms with E-state index in [9.17, 15) is 4.79 Å². The number of rotatable bonds is 4. The Morgan fingerprint density at radius 2 is 2.22 bits per heavy atom. The van der Waals surface area contributed by atoms with E-state index in [1.807, 2.05) is 6.07 Å². The maximum atomic E-state index is 11.6. The first kappa shape index (κ1) is 16.2. The van der Waals surface area contributed by atoms with E-state index in [2.05, 4.69) is 10.3 Å². The zero-order chi connectivity index (χ0) is 16.1. The van der Waals surface area contributed by atoms with Gasteiger partial charge in [-0.2, -0.15) is 0 Å². The molecule has 5 heteroatoms. The first-order valence-electron chi connectivity index (χ1n) is 8.74. The minimum atomic E-state index is -0.321. The van der Waals surface area contributed by atoms with E-state index in [0.29, 0.717) is 18.2 Å². The Labute approximate surface area is 137 Å². The fourth-order valence-electron chi connectivity index (χ4n) is 3.72. The van der Waals surface area contributed by atoms with Gasteiger partial charge in [-0.25, -0.2) is 9.78 Å². The molecule has 1 unspecified atom stereocenters. The summed E-state index contributed by atoms with van der Waals surface area (Å²) in [5.74, 6) is 0.495. The van der Waals surface area contributed by atoms with Crippen molar-refractivity contribution < 1.29 is 14.3 Å². The molecule has 0 aromatic carbocycles. The molecule has 2 aliphatic rings. The van der Waals surface area contributed by atoms with Gasteiger partial charge in [0.1, 0.15) is 5.82 Å². The van der Waals surface area contributed by atoms with E-state index in [4.69, 9.17) is 9.47 Å². The molecule has 1 spiro atoms. The van der Waals surface area contributed by atoms with Gasteiger partial charge in [0.15, 0.2) is 0 Å². The van der Waals surface area contributed by atoms with Gasteiger partial charge in [-0.1, -0.05) is 19.3 Å². The predicted molar refractivity (Wildman–Crippen MR) is 88.6 cm³/mol. The molecule has 1 aliphatic carbocycles. The van der Waals surface area contributed by atoms with E-state index in [-0.39, 0.29) is 11.6 Å². The molecule has 23 heavy (non-hydrogen) atoms. The summed E-state index contributed by atoms with van der Waals surface area (Å²) >= 11 is 0. The second-order valence-electron chi connectivity index (χ2n) is 6.58. The zero-order valence-electron chi connectivity index (χ0n) is 13.8. The van der Waals surface area contributed by atoms with Crippen molar-refractivity contribution in [2.45, 2.75) is 63.5 Å². The molecule has 5 nitrogen and oxygen atoms in total. The van der Waals surface area contributed by atoms with Crippen LogP contribution in [0.15, 0.2) is 18.3 Å². The van der Waals surface area contributed by atoms with Crippen LogP contribution in [-0.4, -0.2) is 35.8 Å². The molecule has 1 N–H and O–H groups in total. The lowest BCUT2D eigenvalue weighted by Gasteiger charge is -2.43. The molecule has 1 aliphatic heterocycles. The van der Waals surface area contributed by atoms with Crippen molar-refractivity contribution in [3.63, 3.8) is 0 Å². The van der Waals surface area contributed by atoms with Gasteiger partial charge in [-0.15, -0.1) is 0 Å². The summed E-state index contributed by atoms with van der Waals surface area (Å²) in [7, 11) is 0. The quantitative estimate of drug-likeness (QED) is 0.860. The summed E-state index contributed by atoms with van der Waals surface area (Å²) in [6.07, 6.45) is 9.88. The van der Waals surface area contributed by atoms with Gasteiger partial charge in [0.25, 0.3) is 0 Å². The van der Waals surface area contributed by atoms with Crippen molar-refractivity contribution in [1.29, 1.82) is 0 Å². The van der Waals surface area contributed by atoms with Crippen LogP contribution in [0.5, 0.6) is 0 Å². The van der Waals surface area contributed by atoms with E-state index in [1.54, 1.807) is 19.2 Å². The van der Waals surface area contributed by atoms with Crippen molar-refractivity contribution in [2.24, 2.45) is 0 Å². The monoisotopic (exact) mass is 318 g/mol. The van der Waals surface area contributed by atoms with Gasteiger partial charge < -0.3 is 14.8 Å².